The molecule has 1 aromatic rings. The number of hydrogen-bond acceptors (Lipinski definition) is 2. The van der Waals surface area contributed by atoms with Gasteiger partial charge in [-0.2, -0.15) is 0 Å². The fourth-order valence-corrected chi connectivity index (χ4v) is 1.63. The highest BCUT2D eigenvalue weighted by molar-refractivity contribution is 14.1. The van der Waals surface area contributed by atoms with Crippen LogP contribution in [0.2, 0.25) is 0 Å². The molecule has 2 N–H and O–H groups in total. The lowest BCUT2D eigenvalue weighted by Gasteiger charge is -2.07. The van der Waals surface area contributed by atoms with Crippen LogP contribution >= 0.6 is 22.6 Å². The molecule has 0 saturated carbocycles. The average molecular weight is 284 g/mol. The van der Waals surface area contributed by atoms with E-state index in [2.05, 4.69) is 4.98 Å². The smallest absolute Gasteiger partial charge is 0.266 e. The minimum atomic E-state index is -2.51. The molecule has 0 aliphatic heterocycles. The number of pyridine rings is 1. The third kappa shape index (κ3) is 1.65. The molecule has 0 radical (unpaired) electrons. The Kier molecular flexibility index (Phi) is 2.81. The van der Waals surface area contributed by atoms with E-state index in [1.165, 1.54) is 6.20 Å². The molecule has 0 spiro atoms. The zero-order valence-electron chi connectivity index (χ0n) is 6.31. The van der Waals surface area contributed by atoms with Crippen molar-refractivity contribution >= 4 is 28.3 Å². The number of aryl methyl sites for hydroxylation is 1. The Balaban J connectivity index is 3.33. The van der Waals surface area contributed by atoms with Gasteiger partial charge in [0.2, 0.25) is 0 Å². The number of hydrogen-bond donors (Lipinski definition) is 1. The summed E-state index contributed by atoms with van der Waals surface area (Å²) in [4.78, 5) is 3.75. The Morgan fingerprint density at radius 3 is 2.58 bits per heavy atom. The SMILES string of the molecule is Cc1ncc(N)c(I)c1C(F)F. The van der Waals surface area contributed by atoms with Crippen LogP contribution < -0.4 is 5.73 Å². The monoisotopic (exact) mass is 284 g/mol. The number of nitrogens with two attached hydrogens (primary N) is 1. The van der Waals surface area contributed by atoms with Gasteiger partial charge in [0, 0.05) is 9.26 Å². The maximum atomic E-state index is 12.4. The first-order chi connectivity index (χ1) is 5.54. The van der Waals surface area contributed by atoms with Gasteiger partial charge in [-0.3, -0.25) is 4.98 Å². The average Bonchev–Trinajstić information content (AvgIpc) is 1.97. The molecule has 2 nitrogen and oxygen atoms in total. The van der Waals surface area contributed by atoms with Crippen molar-refractivity contribution in [1.29, 1.82) is 0 Å². The summed E-state index contributed by atoms with van der Waals surface area (Å²) in [7, 11) is 0. The van der Waals surface area contributed by atoms with Crippen LogP contribution in [0.3, 0.4) is 0 Å². The van der Waals surface area contributed by atoms with Crippen molar-refractivity contribution in [3.05, 3.63) is 21.0 Å². The maximum Gasteiger partial charge on any atom is 0.266 e. The van der Waals surface area contributed by atoms with E-state index in [9.17, 15) is 8.78 Å². The number of anilines is 1. The van der Waals surface area contributed by atoms with E-state index in [0.717, 1.165) is 0 Å². The Bertz CT molecular complexity index is 302. The van der Waals surface area contributed by atoms with Gasteiger partial charge in [0.1, 0.15) is 0 Å². The Labute approximate surface area is 82.3 Å². The zero-order chi connectivity index (χ0) is 9.30. The third-order valence-electron chi connectivity index (χ3n) is 1.50. The number of nitrogens with zero attached hydrogens (tertiary/aromatic N) is 1. The quantitative estimate of drug-likeness (QED) is 0.805. The molecule has 0 atom stereocenters. The molecular weight excluding hydrogens is 277 g/mol. The van der Waals surface area contributed by atoms with Gasteiger partial charge < -0.3 is 5.73 Å². The van der Waals surface area contributed by atoms with Gasteiger partial charge >= 0.3 is 0 Å². The van der Waals surface area contributed by atoms with Crippen molar-refractivity contribution < 1.29 is 8.78 Å². The van der Waals surface area contributed by atoms with Crippen molar-refractivity contribution in [2.75, 3.05) is 5.73 Å². The summed E-state index contributed by atoms with van der Waals surface area (Å²) in [6.07, 6.45) is -1.11. The van der Waals surface area contributed by atoms with Crippen LogP contribution in [-0.2, 0) is 0 Å². The van der Waals surface area contributed by atoms with Gasteiger partial charge in [0.15, 0.2) is 0 Å². The molecule has 0 aromatic carbocycles. The molecular formula is C7H7F2IN2. The van der Waals surface area contributed by atoms with Gasteiger partial charge in [-0.05, 0) is 29.5 Å². The minimum Gasteiger partial charge on any atom is -0.397 e. The summed E-state index contributed by atoms with van der Waals surface area (Å²) in [6, 6.07) is 0. The second kappa shape index (κ2) is 3.51. The molecule has 66 valence electrons. The van der Waals surface area contributed by atoms with Crippen molar-refractivity contribution in [3.8, 4) is 0 Å². The lowest BCUT2D eigenvalue weighted by atomic mass is 10.2. The van der Waals surface area contributed by atoms with Crippen molar-refractivity contribution in [1.82, 2.24) is 4.98 Å². The third-order valence-corrected chi connectivity index (χ3v) is 2.70. The van der Waals surface area contributed by atoms with Crippen LogP contribution in [0.4, 0.5) is 14.5 Å². The lowest BCUT2D eigenvalue weighted by Crippen LogP contribution is -2.01. The number of rotatable bonds is 1. The van der Waals surface area contributed by atoms with Crippen molar-refractivity contribution in [3.63, 3.8) is 0 Å². The largest absolute Gasteiger partial charge is 0.397 e. The van der Waals surface area contributed by atoms with Crippen LogP contribution in [0.5, 0.6) is 0 Å². The van der Waals surface area contributed by atoms with E-state index in [1.807, 2.05) is 0 Å². The predicted octanol–water partition coefficient (Wildman–Crippen LogP) is 2.51. The first-order valence-corrected chi connectivity index (χ1v) is 4.30. The van der Waals surface area contributed by atoms with E-state index in [4.69, 9.17) is 5.73 Å². The summed E-state index contributed by atoms with van der Waals surface area (Å²) < 4.78 is 25.1. The molecule has 0 aliphatic carbocycles. The minimum absolute atomic E-state index is 0.0596. The molecule has 0 aliphatic rings. The van der Waals surface area contributed by atoms with Gasteiger partial charge in [-0.25, -0.2) is 8.78 Å². The summed E-state index contributed by atoms with van der Waals surface area (Å²) in [5.41, 5.74) is 6.00. The van der Waals surface area contributed by atoms with Crippen LogP contribution in [-0.4, -0.2) is 4.98 Å². The fraction of sp³-hybridized carbons (Fsp3) is 0.286. The van der Waals surface area contributed by atoms with E-state index in [-0.39, 0.29) is 5.56 Å². The van der Waals surface area contributed by atoms with E-state index < -0.39 is 6.43 Å². The van der Waals surface area contributed by atoms with Gasteiger partial charge in [-0.15, -0.1) is 0 Å². The van der Waals surface area contributed by atoms with Gasteiger partial charge in [0.05, 0.1) is 17.4 Å². The van der Waals surface area contributed by atoms with Gasteiger partial charge in [0.25, 0.3) is 6.43 Å². The normalized spacial score (nSPS) is 10.8. The molecule has 0 bridgehead atoms. The summed E-state index contributed by atoms with van der Waals surface area (Å²) in [6.45, 7) is 1.54. The number of aromatic nitrogens is 1. The summed E-state index contributed by atoms with van der Waals surface area (Å²) >= 11 is 1.80. The molecule has 1 heterocycles. The highest BCUT2D eigenvalue weighted by atomic mass is 127. The van der Waals surface area contributed by atoms with Crippen LogP contribution in [0.15, 0.2) is 6.20 Å². The van der Waals surface area contributed by atoms with Crippen LogP contribution in [0, 0.1) is 10.5 Å². The highest BCUT2D eigenvalue weighted by Gasteiger charge is 2.17. The molecule has 1 rings (SSSR count). The molecule has 12 heavy (non-hydrogen) atoms. The van der Waals surface area contributed by atoms with E-state index >= 15 is 0 Å². The van der Waals surface area contributed by atoms with E-state index in [0.29, 0.717) is 15.0 Å². The first kappa shape index (κ1) is 9.63. The standard InChI is InChI=1S/C7H7F2IN2/c1-3-5(7(8)9)6(10)4(11)2-12-3/h2,7H,11H2,1H3. The Morgan fingerprint density at radius 1 is 1.58 bits per heavy atom. The zero-order valence-corrected chi connectivity index (χ0v) is 8.47. The molecule has 0 saturated heterocycles. The predicted molar refractivity (Wildman–Crippen MR) is 51.1 cm³/mol. The highest BCUT2D eigenvalue weighted by Crippen LogP contribution is 2.29. The second-order valence-electron chi connectivity index (χ2n) is 2.33. The van der Waals surface area contributed by atoms with E-state index in [1.54, 1.807) is 29.5 Å². The summed E-state index contributed by atoms with van der Waals surface area (Å²) in [5, 5.41) is 0. The van der Waals surface area contributed by atoms with Gasteiger partial charge in [-0.1, -0.05) is 0 Å². The molecule has 0 amide bonds. The Morgan fingerprint density at radius 2 is 2.17 bits per heavy atom. The molecule has 1 aromatic heterocycles. The lowest BCUT2D eigenvalue weighted by molar-refractivity contribution is 0.149. The topological polar surface area (TPSA) is 38.9 Å². The number of halogens is 3. The number of alkyl halides is 2. The number of nitrogen functional groups attached to an aromatic ring is 1. The molecule has 0 fully saturated rings. The maximum absolute atomic E-state index is 12.4. The van der Waals surface area contributed by atoms with Crippen LogP contribution in [0.1, 0.15) is 17.7 Å². The first-order valence-electron chi connectivity index (χ1n) is 3.22. The van der Waals surface area contributed by atoms with Crippen molar-refractivity contribution in [2.24, 2.45) is 0 Å². The Hall–Kier alpha value is -0.460. The summed E-state index contributed by atoms with van der Waals surface area (Å²) in [5.74, 6) is 0. The fourth-order valence-electron chi connectivity index (χ4n) is 0.861. The van der Waals surface area contributed by atoms with Crippen LogP contribution in [0.25, 0.3) is 0 Å². The second-order valence-corrected chi connectivity index (χ2v) is 3.41. The van der Waals surface area contributed by atoms with Crippen molar-refractivity contribution in [2.45, 2.75) is 13.3 Å². The molecule has 0 unspecified atom stereocenters. The molecule has 5 heteroatoms.